The summed E-state index contributed by atoms with van der Waals surface area (Å²) < 4.78 is 0. The smallest absolute Gasteiger partial charge is 0.365 e. The Labute approximate surface area is 125 Å². The van der Waals surface area contributed by atoms with Gasteiger partial charge in [-0.1, -0.05) is 28.4 Å². The van der Waals surface area contributed by atoms with Gasteiger partial charge in [0, 0.05) is 23.0 Å². The van der Waals surface area contributed by atoms with E-state index < -0.39 is 5.97 Å². The van der Waals surface area contributed by atoms with Gasteiger partial charge in [0.05, 0.1) is 10.6 Å². The van der Waals surface area contributed by atoms with E-state index in [0.29, 0.717) is 21.2 Å². The van der Waals surface area contributed by atoms with Gasteiger partial charge in [-0.05, 0) is 30.3 Å². The molecule has 2 rings (SSSR count). The lowest BCUT2D eigenvalue weighted by Crippen LogP contribution is -2.15. The van der Waals surface area contributed by atoms with Crippen molar-refractivity contribution >= 4 is 35.0 Å². The molecule has 0 aliphatic rings. The van der Waals surface area contributed by atoms with Crippen LogP contribution in [-0.2, 0) is 4.84 Å². The molecule has 5 nitrogen and oxygen atoms in total. The third-order valence-electron chi connectivity index (χ3n) is 2.35. The average molecular weight is 310 g/mol. The summed E-state index contributed by atoms with van der Waals surface area (Å²) in [5.41, 5.74) is 6.45. The summed E-state index contributed by atoms with van der Waals surface area (Å²) in [6, 6.07) is 7.72. The van der Waals surface area contributed by atoms with Gasteiger partial charge in [-0.25, -0.2) is 4.79 Å². The molecule has 7 heteroatoms. The van der Waals surface area contributed by atoms with E-state index in [1.54, 1.807) is 12.1 Å². The quantitative estimate of drug-likeness (QED) is 0.409. The van der Waals surface area contributed by atoms with E-state index >= 15 is 0 Å². The van der Waals surface area contributed by atoms with Crippen molar-refractivity contribution in [2.24, 2.45) is 10.9 Å². The van der Waals surface area contributed by atoms with Crippen molar-refractivity contribution in [3.05, 3.63) is 63.9 Å². The molecule has 1 aromatic heterocycles. The Morgan fingerprint density at radius 2 is 1.90 bits per heavy atom. The summed E-state index contributed by atoms with van der Waals surface area (Å²) in [6.07, 6.45) is 2.94. The van der Waals surface area contributed by atoms with Crippen molar-refractivity contribution in [3.63, 3.8) is 0 Å². The molecule has 1 aromatic carbocycles. The summed E-state index contributed by atoms with van der Waals surface area (Å²) in [6.45, 7) is 0. The first-order valence-electron chi connectivity index (χ1n) is 5.48. The second kappa shape index (κ2) is 6.36. The number of amidine groups is 1. The summed E-state index contributed by atoms with van der Waals surface area (Å²) in [5.74, 6) is -0.658. The predicted octanol–water partition coefficient (Wildman–Crippen LogP) is 2.87. The second-order valence-corrected chi connectivity index (χ2v) is 4.56. The lowest BCUT2D eigenvalue weighted by Gasteiger charge is -2.03. The maximum absolute atomic E-state index is 11.7. The monoisotopic (exact) mass is 309 g/mol. The van der Waals surface area contributed by atoms with Crippen molar-refractivity contribution < 1.29 is 9.63 Å². The van der Waals surface area contributed by atoms with Crippen LogP contribution in [0.4, 0.5) is 0 Å². The summed E-state index contributed by atoms with van der Waals surface area (Å²) >= 11 is 11.7. The van der Waals surface area contributed by atoms with Crippen LogP contribution in [0.15, 0.2) is 47.9 Å². The number of aromatic nitrogens is 1. The van der Waals surface area contributed by atoms with Gasteiger partial charge in [0.25, 0.3) is 0 Å². The van der Waals surface area contributed by atoms with Crippen molar-refractivity contribution in [1.82, 2.24) is 4.98 Å². The topological polar surface area (TPSA) is 77.6 Å². The average Bonchev–Trinajstić information content (AvgIpc) is 2.45. The number of hydrogen-bond donors (Lipinski definition) is 1. The molecule has 0 aliphatic carbocycles. The number of hydrogen-bond acceptors (Lipinski definition) is 4. The summed E-state index contributed by atoms with van der Waals surface area (Å²) in [5, 5.41) is 4.35. The first kappa shape index (κ1) is 14.3. The molecule has 2 aromatic rings. The maximum Gasteiger partial charge on any atom is 0.365 e. The molecule has 0 radical (unpaired) electrons. The number of pyridine rings is 1. The van der Waals surface area contributed by atoms with Crippen LogP contribution in [0.2, 0.25) is 10.0 Å². The second-order valence-electron chi connectivity index (χ2n) is 3.72. The fourth-order valence-electron chi connectivity index (χ4n) is 1.38. The highest BCUT2D eigenvalue weighted by molar-refractivity contribution is 6.36. The van der Waals surface area contributed by atoms with Crippen molar-refractivity contribution in [2.45, 2.75) is 0 Å². The molecule has 0 atom stereocenters. The van der Waals surface area contributed by atoms with E-state index in [1.165, 1.54) is 30.6 Å². The maximum atomic E-state index is 11.7. The van der Waals surface area contributed by atoms with Crippen LogP contribution < -0.4 is 5.73 Å². The molecule has 2 N–H and O–H groups in total. The van der Waals surface area contributed by atoms with Crippen molar-refractivity contribution in [1.29, 1.82) is 0 Å². The van der Waals surface area contributed by atoms with Crippen LogP contribution in [0, 0.1) is 0 Å². The van der Waals surface area contributed by atoms with Gasteiger partial charge in [-0.15, -0.1) is 0 Å². The van der Waals surface area contributed by atoms with Crippen molar-refractivity contribution in [2.75, 3.05) is 0 Å². The largest absolute Gasteiger partial charge is 0.380 e. The SMILES string of the molecule is N/C(=N\OC(=O)c1ccncc1)c1ccc(Cl)cc1Cl. The predicted molar refractivity (Wildman–Crippen MR) is 76.8 cm³/mol. The third-order valence-corrected chi connectivity index (χ3v) is 2.90. The lowest BCUT2D eigenvalue weighted by molar-refractivity contribution is 0.0516. The van der Waals surface area contributed by atoms with Gasteiger partial charge in [-0.2, -0.15) is 0 Å². The minimum atomic E-state index is -0.638. The van der Waals surface area contributed by atoms with Gasteiger partial charge in [0.15, 0.2) is 5.84 Å². The van der Waals surface area contributed by atoms with Crippen LogP contribution in [0.5, 0.6) is 0 Å². The molecule has 0 amide bonds. The fourth-order valence-corrected chi connectivity index (χ4v) is 1.88. The highest BCUT2D eigenvalue weighted by Crippen LogP contribution is 2.20. The normalized spacial score (nSPS) is 11.2. The number of nitrogens with two attached hydrogens (primary N) is 1. The van der Waals surface area contributed by atoms with E-state index in [1.807, 2.05) is 0 Å². The Morgan fingerprint density at radius 1 is 1.20 bits per heavy atom. The van der Waals surface area contributed by atoms with Gasteiger partial charge in [0.1, 0.15) is 0 Å². The number of benzene rings is 1. The molecule has 20 heavy (non-hydrogen) atoms. The molecule has 0 unspecified atom stereocenters. The highest BCUT2D eigenvalue weighted by Gasteiger charge is 2.09. The first-order chi connectivity index (χ1) is 9.58. The Hall–Kier alpha value is -2.11. The molecule has 102 valence electrons. The number of oxime groups is 1. The minimum Gasteiger partial charge on any atom is -0.380 e. The van der Waals surface area contributed by atoms with Crippen LogP contribution in [0.3, 0.4) is 0 Å². The Morgan fingerprint density at radius 3 is 2.55 bits per heavy atom. The molecular weight excluding hydrogens is 301 g/mol. The van der Waals surface area contributed by atoms with Crippen LogP contribution in [0.1, 0.15) is 15.9 Å². The first-order valence-corrected chi connectivity index (χ1v) is 6.24. The zero-order valence-electron chi connectivity index (χ0n) is 10.1. The van der Waals surface area contributed by atoms with Crippen LogP contribution >= 0.6 is 23.2 Å². The molecule has 0 aliphatic heterocycles. The molecule has 1 heterocycles. The summed E-state index contributed by atoms with van der Waals surface area (Å²) in [4.78, 5) is 20.2. The number of halogens is 2. The Bertz CT molecular complexity index is 660. The highest BCUT2D eigenvalue weighted by atomic mass is 35.5. The number of carbonyl (C=O) groups is 1. The minimum absolute atomic E-state index is 0.0194. The molecule has 0 saturated carbocycles. The van der Waals surface area contributed by atoms with Gasteiger partial charge >= 0.3 is 5.97 Å². The lowest BCUT2D eigenvalue weighted by atomic mass is 10.2. The van der Waals surface area contributed by atoms with Gasteiger partial charge in [0.2, 0.25) is 0 Å². The number of rotatable bonds is 3. The molecule has 0 spiro atoms. The van der Waals surface area contributed by atoms with Gasteiger partial charge < -0.3 is 10.6 Å². The van der Waals surface area contributed by atoms with E-state index in [0.717, 1.165) is 0 Å². The van der Waals surface area contributed by atoms with E-state index in [4.69, 9.17) is 33.8 Å². The standard InChI is InChI=1S/C13H9Cl2N3O2/c14-9-1-2-10(11(15)7-9)12(16)18-20-13(19)8-3-5-17-6-4-8/h1-7H,(H2,16,18). The molecule has 0 fully saturated rings. The fraction of sp³-hybridized carbons (Fsp3) is 0. The number of nitrogens with zero attached hydrogens (tertiary/aromatic N) is 2. The van der Waals surface area contributed by atoms with Crippen LogP contribution in [0.25, 0.3) is 0 Å². The van der Waals surface area contributed by atoms with Crippen LogP contribution in [-0.4, -0.2) is 16.8 Å². The Balaban J connectivity index is 2.13. The van der Waals surface area contributed by atoms with E-state index in [-0.39, 0.29) is 5.84 Å². The van der Waals surface area contributed by atoms with E-state index in [9.17, 15) is 4.79 Å². The van der Waals surface area contributed by atoms with Gasteiger partial charge in [-0.3, -0.25) is 4.98 Å². The zero-order chi connectivity index (χ0) is 14.5. The summed E-state index contributed by atoms with van der Waals surface area (Å²) in [7, 11) is 0. The molecular formula is C13H9Cl2N3O2. The van der Waals surface area contributed by atoms with E-state index in [2.05, 4.69) is 10.1 Å². The molecule has 0 bridgehead atoms. The number of carbonyl (C=O) groups excluding carboxylic acids is 1. The molecule has 0 saturated heterocycles. The van der Waals surface area contributed by atoms with Crippen molar-refractivity contribution in [3.8, 4) is 0 Å². The Kier molecular flexibility index (Phi) is 4.55. The third kappa shape index (κ3) is 3.46. The zero-order valence-corrected chi connectivity index (χ0v) is 11.6.